The molecule has 1 aromatic carbocycles. The van der Waals surface area contributed by atoms with Crippen LogP contribution in [0.25, 0.3) is 10.9 Å². The highest BCUT2D eigenvalue weighted by atomic mass is 15.1. The number of H-pyrrole nitrogens is 1. The van der Waals surface area contributed by atoms with E-state index in [4.69, 9.17) is 6.42 Å². The zero-order chi connectivity index (χ0) is 14.8. The second-order valence-corrected chi connectivity index (χ2v) is 6.11. The van der Waals surface area contributed by atoms with Crippen molar-refractivity contribution < 1.29 is 0 Å². The van der Waals surface area contributed by atoms with Crippen molar-refractivity contribution in [1.29, 1.82) is 0 Å². The van der Waals surface area contributed by atoms with E-state index in [1.807, 2.05) is 0 Å². The van der Waals surface area contributed by atoms with Gasteiger partial charge in [0, 0.05) is 11.6 Å². The van der Waals surface area contributed by atoms with Crippen LogP contribution in [0.4, 0.5) is 5.69 Å². The minimum Gasteiger partial charge on any atom is -0.372 e. The lowest BCUT2D eigenvalue weighted by Gasteiger charge is -2.28. The average Bonchev–Trinajstić information content (AvgIpc) is 2.89. The SMILES string of the molecule is C#CCNc1cc(C)cc2c(C3CCN(C)CC3)c[nH]c12. The molecule has 0 atom stereocenters. The Bertz CT molecular complexity index is 670. The molecule has 2 heterocycles. The Morgan fingerprint density at radius 3 is 2.86 bits per heavy atom. The van der Waals surface area contributed by atoms with Crippen molar-refractivity contribution in [3.8, 4) is 12.3 Å². The summed E-state index contributed by atoms with van der Waals surface area (Å²) in [4.78, 5) is 5.87. The summed E-state index contributed by atoms with van der Waals surface area (Å²) in [6, 6.07) is 4.45. The molecule has 0 unspecified atom stereocenters. The molecule has 3 heteroatoms. The predicted octanol–water partition coefficient (Wildman–Crippen LogP) is 3.33. The number of nitrogens with one attached hydrogen (secondary N) is 2. The maximum Gasteiger partial charge on any atom is 0.0764 e. The van der Waals surface area contributed by atoms with E-state index >= 15 is 0 Å². The van der Waals surface area contributed by atoms with Crippen LogP contribution in [-0.4, -0.2) is 36.6 Å². The van der Waals surface area contributed by atoms with Gasteiger partial charge in [-0.2, -0.15) is 0 Å². The Morgan fingerprint density at radius 2 is 2.14 bits per heavy atom. The molecule has 0 amide bonds. The van der Waals surface area contributed by atoms with Crippen LogP contribution in [-0.2, 0) is 0 Å². The first-order valence-corrected chi connectivity index (χ1v) is 7.66. The van der Waals surface area contributed by atoms with Crippen molar-refractivity contribution in [1.82, 2.24) is 9.88 Å². The molecule has 1 fully saturated rings. The Balaban J connectivity index is 1.97. The molecule has 0 spiro atoms. The smallest absolute Gasteiger partial charge is 0.0764 e. The molecule has 1 aromatic heterocycles. The van der Waals surface area contributed by atoms with Gasteiger partial charge in [0.25, 0.3) is 0 Å². The molecule has 1 aliphatic heterocycles. The van der Waals surface area contributed by atoms with Gasteiger partial charge in [0.15, 0.2) is 0 Å². The van der Waals surface area contributed by atoms with E-state index in [1.165, 1.54) is 48.0 Å². The number of anilines is 1. The Kier molecular flexibility index (Phi) is 3.90. The lowest BCUT2D eigenvalue weighted by molar-refractivity contribution is 0.256. The summed E-state index contributed by atoms with van der Waals surface area (Å²) in [7, 11) is 2.21. The number of rotatable bonds is 3. The Labute approximate surface area is 126 Å². The van der Waals surface area contributed by atoms with E-state index in [-0.39, 0.29) is 0 Å². The van der Waals surface area contributed by atoms with Crippen molar-refractivity contribution in [3.05, 3.63) is 29.5 Å². The lowest BCUT2D eigenvalue weighted by Crippen LogP contribution is -2.29. The fraction of sp³-hybridized carbons (Fsp3) is 0.444. The van der Waals surface area contributed by atoms with E-state index in [9.17, 15) is 0 Å². The maximum absolute atomic E-state index is 5.37. The quantitative estimate of drug-likeness (QED) is 0.846. The molecule has 3 rings (SSSR count). The molecule has 1 aliphatic rings. The van der Waals surface area contributed by atoms with Gasteiger partial charge in [-0.25, -0.2) is 0 Å². The second kappa shape index (κ2) is 5.83. The zero-order valence-electron chi connectivity index (χ0n) is 12.9. The molecule has 3 nitrogen and oxygen atoms in total. The molecule has 0 aliphatic carbocycles. The minimum absolute atomic E-state index is 0.557. The molecular weight excluding hydrogens is 258 g/mol. The van der Waals surface area contributed by atoms with Gasteiger partial charge in [0.2, 0.25) is 0 Å². The average molecular weight is 281 g/mol. The number of nitrogens with zero attached hydrogens (tertiary/aromatic N) is 1. The Morgan fingerprint density at radius 1 is 1.38 bits per heavy atom. The van der Waals surface area contributed by atoms with Crippen molar-refractivity contribution in [2.24, 2.45) is 0 Å². The minimum atomic E-state index is 0.557. The van der Waals surface area contributed by atoms with E-state index in [2.05, 4.69) is 53.4 Å². The van der Waals surface area contributed by atoms with Gasteiger partial charge < -0.3 is 15.2 Å². The highest BCUT2D eigenvalue weighted by Crippen LogP contribution is 2.35. The summed E-state index contributed by atoms with van der Waals surface area (Å²) in [6.07, 6.45) is 10.0. The van der Waals surface area contributed by atoms with Crippen molar-refractivity contribution in [2.45, 2.75) is 25.7 Å². The summed E-state index contributed by atoms with van der Waals surface area (Å²) in [6.45, 7) is 5.07. The number of hydrogen-bond donors (Lipinski definition) is 2. The summed E-state index contributed by atoms with van der Waals surface area (Å²) in [5, 5.41) is 4.68. The fourth-order valence-electron chi connectivity index (χ4n) is 3.34. The van der Waals surface area contributed by atoms with Crippen LogP contribution >= 0.6 is 0 Å². The molecule has 2 N–H and O–H groups in total. The molecule has 2 aromatic rings. The van der Waals surface area contributed by atoms with Gasteiger partial charge in [0.1, 0.15) is 0 Å². The third-order valence-electron chi connectivity index (χ3n) is 4.50. The van der Waals surface area contributed by atoms with Gasteiger partial charge in [-0.05, 0) is 69.1 Å². The number of hydrogen-bond acceptors (Lipinski definition) is 2. The number of aromatic amines is 1. The largest absolute Gasteiger partial charge is 0.372 e. The zero-order valence-corrected chi connectivity index (χ0v) is 12.9. The highest BCUT2D eigenvalue weighted by Gasteiger charge is 2.21. The van der Waals surface area contributed by atoms with Crippen LogP contribution in [0.1, 0.15) is 29.9 Å². The molecule has 1 saturated heterocycles. The van der Waals surface area contributed by atoms with Crippen LogP contribution < -0.4 is 5.32 Å². The fourth-order valence-corrected chi connectivity index (χ4v) is 3.34. The van der Waals surface area contributed by atoms with Crippen molar-refractivity contribution >= 4 is 16.6 Å². The molecule has 110 valence electrons. The van der Waals surface area contributed by atoms with Gasteiger partial charge in [-0.15, -0.1) is 6.42 Å². The first-order chi connectivity index (χ1) is 10.2. The third kappa shape index (κ3) is 2.77. The predicted molar refractivity (Wildman–Crippen MR) is 89.8 cm³/mol. The lowest BCUT2D eigenvalue weighted by atomic mass is 9.89. The van der Waals surface area contributed by atoms with Crippen molar-refractivity contribution in [2.75, 3.05) is 32.0 Å². The first kappa shape index (κ1) is 14.0. The van der Waals surface area contributed by atoms with Gasteiger partial charge in [-0.1, -0.05) is 5.92 Å². The van der Waals surface area contributed by atoms with Gasteiger partial charge in [-0.3, -0.25) is 0 Å². The number of aromatic nitrogens is 1. The normalized spacial score (nSPS) is 17.0. The molecule has 0 radical (unpaired) electrons. The van der Waals surface area contributed by atoms with Crippen LogP contribution in [0, 0.1) is 19.3 Å². The van der Waals surface area contributed by atoms with Gasteiger partial charge in [0.05, 0.1) is 17.7 Å². The number of fused-ring (bicyclic) bond motifs is 1. The summed E-state index contributed by atoms with van der Waals surface area (Å²) in [5.74, 6) is 3.31. The monoisotopic (exact) mass is 281 g/mol. The van der Waals surface area contributed by atoms with E-state index in [0.29, 0.717) is 12.5 Å². The highest BCUT2D eigenvalue weighted by molar-refractivity contribution is 5.94. The number of terminal acetylenes is 1. The third-order valence-corrected chi connectivity index (χ3v) is 4.50. The topological polar surface area (TPSA) is 31.1 Å². The Hall–Kier alpha value is -1.92. The van der Waals surface area contributed by atoms with E-state index in [1.54, 1.807) is 0 Å². The molecular formula is C18H23N3. The summed E-state index contributed by atoms with van der Waals surface area (Å²) >= 11 is 0. The van der Waals surface area contributed by atoms with E-state index in [0.717, 1.165) is 5.69 Å². The van der Waals surface area contributed by atoms with Crippen LogP contribution in [0.3, 0.4) is 0 Å². The molecule has 0 saturated carbocycles. The summed E-state index contributed by atoms with van der Waals surface area (Å²) in [5.41, 5.74) is 5.04. The number of likely N-dealkylation sites (tertiary alicyclic amines) is 1. The van der Waals surface area contributed by atoms with Crippen LogP contribution in [0.2, 0.25) is 0 Å². The van der Waals surface area contributed by atoms with Crippen molar-refractivity contribution in [3.63, 3.8) is 0 Å². The molecule has 21 heavy (non-hydrogen) atoms. The van der Waals surface area contributed by atoms with E-state index < -0.39 is 0 Å². The standard InChI is InChI=1S/C18H23N3/c1-4-7-19-17-11-13(2)10-15-16(12-20-18(15)17)14-5-8-21(3)9-6-14/h1,10-12,14,19-20H,5-9H2,2-3H3. The number of benzene rings is 1. The summed E-state index contributed by atoms with van der Waals surface area (Å²) < 4.78 is 0. The first-order valence-electron chi connectivity index (χ1n) is 7.66. The van der Waals surface area contributed by atoms with Gasteiger partial charge >= 0.3 is 0 Å². The molecule has 0 bridgehead atoms. The number of piperidine rings is 1. The van der Waals surface area contributed by atoms with Crippen LogP contribution in [0.15, 0.2) is 18.3 Å². The second-order valence-electron chi connectivity index (χ2n) is 6.11. The van der Waals surface area contributed by atoms with Crippen LogP contribution in [0.5, 0.6) is 0 Å². The maximum atomic E-state index is 5.37. The number of aryl methyl sites for hydroxylation is 1.